The predicted octanol–water partition coefficient (Wildman–Crippen LogP) is 4.06. The minimum atomic E-state index is 0. The molecule has 0 amide bonds. The number of nitrogens with one attached hydrogen (secondary N) is 2. The molecule has 1 aromatic rings. The summed E-state index contributed by atoms with van der Waals surface area (Å²) in [5.74, 6) is 2.36. The Kier molecular flexibility index (Phi) is 14.1. The molecule has 6 nitrogen and oxygen atoms in total. The second kappa shape index (κ2) is 14.7. The zero-order chi connectivity index (χ0) is 20.2. The Balaban J connectivity index is 0.00000729. The number of rotatable bonds is 11. The van der Waals surface area contributed by atoms with Crippen LogP contribution in [0.3, 0.4) is 0 Å². The third-order valence-electron chi connectivity index (χ3n) is 4.64. The molecule has 0 heterocycles. The van der Waals surface area contributed by atoms with Gasteiger partial charge in [0, 0.05) is 19.6 Å². The van der Waals surface area contributed by atoms with Crippen molar-refractivity contribution in [1.82, 2.24) is 15.5 Å². The molecule has 0 aliphatic carbocycles. The predicted molar refractivity (Wildman–Crippen MR) is 129 cm³/mol. The SMILES string of the molecule is CCOc1ccc(C(C)NC(=NC)NCC(C)N(CC)CC)cc1OCC.I. The molecule has 2 unspecified atom stereocenters. The average Bonchev–Trinajstić information content (AvgIpc) is 2.67. The molecule has 0 saturated heterocycles. The first-order chi connectivity index (χ1) is 13.0. The summed E-state index contributed by atoms with van der Waals surface area (Å²) in [6.07, 6.45) is 0. The fourth-order valence-corrected chi connectivity index (χ4v) is 3.04. The van der Waals surface area contributed by atoms with Crippen molar-refractivity contribution in [2.75, 3.05) is 39.9 Å². The molecule has 0 aromatic heterocycles. The van der Waals surface area contributed by atoms with Crippen LogP contribution in [-0.2, 0) is 0 Å². The van der Waals surface area contributed by atoms with Crippen molar-refractivity contribution >= 4 is 29.9 Å². The molecule has 162 valence electrons. The molecule has 0 spiro atoms. The first kappa shape index (κ1) is 26.8. The topological polar surface area (TPSA) is 58.1 Å². The number of aliphatic imine (C=N–C) groups is 1. The standard InChI is InChI=1S/C21H38N4O2.HI/c1-8-25(9-2)16(5)15-23-21(22-7)24-17(6)18-12-13-19(26-10-3)20(14-18)27-11-4;/h12-14,16-17H,8-11,15H2,1-7H3,(H2,22,23,24);1H. The maximum atomic E-state index is 5.74. The van der Waals surface area contributed by atoms with Gasteiger partial charge in [-0.15, -0.1) is 24.0 Å². The van der Waals surface area contributed by atoms with Crippen LogP contribution in [0.2, 0.25) is 0 Å². The number of hydrogen-bond donors (Lipinski definition) is 2. The van der Waals surface area contributed by atoms with Gasteiger partial charge in [0.25, 0.3) is 0 Å². The fourth-order valence-electron chi connectivity index (χ4n) is 3.04. The maximum absolute atomic E-state index is 5.74. The van der Waals surface area contributed by atoms with E-state index in [1.54, 1.807) is 7.05 Å². The van der Waals surface area contributed by atoms with Gasteiger partial charge in [0.15, 0.2) is 17.5 Å². The molecule has 2 N–H and O–H groups in total. The van der Waals surface area contributed by atoms with Crippen molar-refractivity contribution in [3.05, 3.63) is 23.8 Å². The van der Waals surface area contributed by atoms with Crippen LogP contribution in [0.1, 0.15) is 53.1 Å². The molecule has 1 aromatic carbocycles. The summed E-state index contributed by atoms with van der Waals surface area (Å²) in [5.41, 5.74) is 1.13. The Hall–Kier alpha value is -1.22. The van der Waals surface area contributed by atoms with E-state index >= 15 is 0 Å². The molecule has 0 radical (unpaired) electrons. The third kappa shape index (κ3) is 8.43. The Bertz CT molecular complexity index is 580. The second-order valence-electron chi connectivity index (χ2n) is 6.46. The molecule has 28 heavy (non-hydrogen) atoms. The van der Waals surface area contributed by atoms with E-state index in [2.05, 4.69) is 54.3 Å². The molecule has 1 rings (SSSR count). The van der Waals surface area contributed by atoms with Crippen LogP contribution in [0, 0.1) is 0 Å². The zero-order valence-electron chi connectivity index (χ0n) is 18.5. The van der Waals surface area contributed by atoms with Gasteiger partial charge in [0.1, 0.15) is 0 Å². The van der Waals surface area contributed by atoms with Gasteiger partial charge in [-0.1, -0.05) is 19.9 Å². The Morgan fingerprint density at radius 2 is 1.64 bits per heavy atom. The fraction of sp³-hybridized carbons (Fsp3) is 0.667. The first-order valence-electron chi connectivity index (χ1n) is 10.1. The number of hydrogen-bond acceptors (Lipinski definition) is 4. The highest BCUT2D eigenvalue weighted by Gasteiger charge is 2.14. The molecule has 0 fully saturated rings. The molecule has 0 aliphatic rings. The Morgan fingerprint density at radius 1 is 1.04 bits per heavy atom. The number of guanidine groups is 1. The lowest BCUT2D eigenvalue weighted by atomic mass is 10.1. The van der Waals surface area contributed by atoms with E-state index in [-0.39, 0.29) is 30.0 Å². The summed E-state index contributed by atoms with van der Waals surface area (Å²) in [4.78, 5) is 6.78. The van der Waals surface area contributed by atoms with Gasteiger partial charge in [0.05, 0.1) is 19.3 Å². The molecule has 2 atom stereocenters. The van der Waals surface area contributed by atoms with Gasteiger partial charge < -0.3 is 20.1 Å². The van der Waals surface area contributed by atoms with Gasteiger partial charge in [-0.25, -0.2) is 0 Å². The quantitative estimate of drug-likeness (QED) is 0.270. The van der Waals surface area contributed by atoms with E-state index in [0.29, 0.717) is 19.3 Å². The van der Waals surface area contributed by atoms with Crippen LogP contribution in [-0.4, -0.2) is 56.8 Å². The van der Waals surface area contributed by atoms with E-state index in [1.807, 2.05) is 26.0 Å². The van der Waals surface area contributed by atoms with Crippen LogP contribution in [0.15, 0.2) is 23.2 Å². The summed E-state index contributed by atoms with van der Waals surface area (Å²) in [5, 5.41) is 6.89. The molecular formula is C21H39IN4O2. The summed E-state index contributed by atoms with van der Waals surface area (Å²) in [6.45, 7) is 16.9. The lowest BCUT2D eigenvalue weighted by Crippen LogP contribution is -2.46. The van der Waals surface area contributed by atoms with Crippen molar-refractivity contribution in [3.63, 3.8) is 0 Å². The second-order valence-corrected chi connectivity index (χ2v) is 6.46. The molecule has 7 heteroatoms. The lowest BCUT2D eigenvalue weighted by Gasteiger charge is -2.27. The van der Waals surface area contributed by atoms with Crippen molar-refractivity contribution in [3.8, 4) is 11.5 Å². The summed E-state index contributed by atoms with van der Waals surface area (Å²) < 4.78 is 11.4. The van der Waals surface area contributed by atoms with Crippen LogP contribution in [0.4, 0.5) is 0 Å². The minimum Gasteiger partial charge on any atom is -0.490 e. The minimum absolute atomic E-state index is 0. The number of ether oxygens (including phenoxy) is 2. The van der Waals surface area contributed by atoms with Crippen LogP contribution < -0.4 is 20.1 Å². The average molecular weight is 506 g/mol. The molecular weight excluding hydrogens is 467 g/mol. The van der Waals surface area contributed by atoms with Crippen molar-refractivity contribution in [1.29, 1.82) is 0 Å². The van der Waals surface area contributed by atoms with Gasteiger partial charge >= 0.3 is 0 Å². The summed E-state index contributed by atoms with van der Waals surface area (Å²) >= 11 is 0. The number of benzene rings is 1. The summed E-state index contributed by atoms with van der Waals surface area (Å²) in [6, 6.07) is 6.62. The number of nitrogens with zero attached hydrogens (tertiary/aromatic N) is 2. The monoisotopic (exact) mass is 506 g/mol. The highest BCUT2D eigenvalue weighted by Crippen LogP contribution is 2.30. The third-order valence-corrected chi connectivity index (χ3v) is 4.64. The van der Waals surface area contributed by atoms with E-state index in [4.69, 9.17) is 9.47 Å². The zero-order valence-corrected chi connectivity index (χ0v) is 20.9. The Labute approximate surface area is 188 Å². The van der Waals surface area contributed by atoms with Gasteiger partial charge in [-0.2, -0.15) is 0 Å². The maximum Gasteiger partial charge on any atom is 0.191 e. The Morgan fingerprint density at radius 3 is 2.18 bits per heavy atom. The van der Waals surface area contributed by atoms with E-state index in [1.165, 1.54) is 0 Å². The number of likely N-dealkylation sites (N-methyl/N-ethyl adjacent to an activating group) is 1. The normalized spacial score (nSPS) is 13.5. The van der Waals surface area contributed by atoms with Crippen LogP contribution in [0.5, 0.6) is 11.5 Å². The smallest absolute Gasteiger partial charge is 0.191 e. The van der Waals surface area contributed by atoms with E-state index in [0.717, 1.165) is 42.7 Å². The van der Waals surface area contributed by atoms with E-state index < -0.39 is 0 Å². The van der Waals surface area contributed by atoms with Crippen molar-refractivity contribution in [2.24, 2.45) is 4.99 Å². The van der Waals surface area contributed by atoms with Gasteiger partial charge in [-0.3, -0.25) is 9.89 Å². The molecule has 0 saturated carbocycles. The van der Waals surface area contributed by atoms with E-state index in [9.17, 15) is 0 Å². The van der Waals surface area contributed by atoms with Crippen molar-refractivity contribution < 1.29 is 9.47 Å². The van der Waals surface area contributed by atoms with Crippen molar-refractivity contribution in [2.45, 2.75) is 53.6 Å². The van der Waals surface area contributed by atoms with Gasteiger partial charge in [0.2, 0.25) is 0 Å². The lowest BCUT2D eigenvalue weighted by molar-refractivity contribution is 0.231. The first-order valence-corrected chi connectivity index (χ1v) is 10.1. The van der Waals surface area contributed by atoms with Crippen LogP contribution in [0.25, 0.3) is 0 Å². The highest BCUT2D eigenvalue weighted by molar-refractivity contribution is 14.0. The summed E-state index contributed by atoms with van der Waals surface area (Å²) in [7, 11) is 1.80. The van der Waals surface area contributed by atoms with Crippen LogP contribution >= 0.6 is 24.0 Å². The number of halogens is 1. The van der Waals surface area contributed by atoms with Gasteiger partial charge in [-0.05, 0) is 58.5 Å². The highest BCUT2D eigenvalue weighted by atomic mass is 127. The molecule has 0 aliphatic heterocycles. The molecule has 0 bridgehead atoms. The largest absolute Gasteiger partial charge is 0.490 e.